The SMILES string of the molecule is CNCc1ccc(/C=C\C(c2cc(C)c(C)c(Cl)c2)C(F)(F)F)cc1. The summed E-state index contributed by atoms with van der Waals surface area (Å²) in [4.78, 5) is 0. The summed E-state index contributed by atoms with van der Waals surface area (Å²) in [6.45, 7) is 4.28. The maximum absolute atomic E-state index is 13.5. The first-order valence-corrected chi connectivity index (χ1v) is 8.35. The molecule has 0 saturated carbocycles. The smallest absolute Gasteiger partial charge is 0.316 e. The molecule has 0 aromatic heterocycles. The van der Waals surface area contributed by atoms with Crippen LogP contribution in [-0.4, -0.2) is 13.2 Å². The Hall–Kier alpha value is -1.78. The summed E-state index contributed by atoms with van der Waals surface area (Å²) < 4.78 is 40.6. The van der Waals surface area contributed by atoms with Crippen LogP contribution in [0.15, 0.2) is 42.5 Å². The van der Waals surface area contributed by atoms with Crippen LogP contribution < -0.4 is 5.32 Å². The monoisotopic (exact) mass is 367 g/mol. The van der Waals surface area contributed by atoms with E-state index in [0.29, 0.717) is 5.02 Å². The van der Waals surface area contributed by atoms with Crippen molar-refractivity contribution in [2.24, 2.45) is 0 Å². The van der Waals surface area contributed by atoms with Gasteiger partial charge >= 0.3 is 6.18 Å². The second-order valence-electron chi connectivity index (χ2n) is 6.09. The van der Waals surface area contributed by atoms with E-state index in [1.807, 2.05) is 31.3 Å². The maximum Gasteiger partial charge on any atom is 0.399 e. The van der Waals surface area contributed by atoms with Crippen molar-refractivity contribution in [3.8, 4) is 0 Å². The molecule has 0 heterocycles. The Kier molecular flexibility index (Phi) is 6.31. The molecule has 0 bridgehead atoms. The topological polar surface area (TPSA) is 12.0 Å². The van der Waals surface area contributed by atoms with Gasteiger partial charge in [-0.25, -0.2) is 0 Å². The number of hydrogen-bond acceptors (Lipinski definition) is 1. The third-order valence-corrected chi connectivity index (χ3v) is 4.57. The maximum atomic E-state index is 13.5. The van der Waals surface area contributed by atoms with Gasteiger partial charge in [0.05, 0.1) is 5.92 Å². The van der Waals surface area contributed by atoms with Gasteiger partial charge in [0.2, 0.25) is 0 Å². The van der Waals surface area contributed by atoms with E-state index < -0.39 is 12.1 Å². The molecule has 0 saturated heterocycles. The van der Waals surface area contributed by atoms with Crippen molar-refractivity contribution in [2.45, 2.75) is 32.5 Å². The molecule has 0 aliphatic rings. The first kappa shape index (κ1) is 19.5. The van der Waals surface area contributed by atoms with Gasteiger partial charge in [-0.2, -0.15) is 13.2 Å². The van der Waals surface area contributed by atoms with Crippen LogP contribution in [0.3, 0.4) is 0 Å². The first-order valence-electron chi connectivity index (χ1n) is 7.97. The van der Waals surface area contributed by atoms with Crippen LogP contribution >= 0.6 is 11.6 Å². The number of hydrogen-bond donors (Lipinski definition) is 1. The normalized spacial score (nSPS) is 13.4. The molecule has 1 unspecified atom stereocenters. The summed E-state index contributed by atoms with van der Waals surface area (Å²) in [5.41, 5.74) is 3.51. The fraction of sp³-hybridized carbons (Fsp3) is 0.300. The predicted molar refractivity (Wildman–Crippen MR) is 98.0 cm³/mol. The van der Waals surface area contributed by atoms with Gasteiger partial charge < -0.3 is 5.32 Å². The van der Waals surface area contributed by atoms with Gasteiger partial charge in [-0.05, 0) is 54.8 Å². The van der Waals surface area contributed by atoms with Gasteiger partial charge in [-0.15, -0.1) is 0 Å². The second-order valence-corrected chi connectivity index (χ2v) is 6.50. The lowest BCUT2D eigenvalue weighted by Crippen LogP contribution is -2.19. The van der Waals surface area contributed by atoms with Crippen LogP contribution in [-0.2, 0) is 6.54 Å². The molecule has 0 amide bonds. The van der Waals surface area contributed by atoms with Gasteiger partial charge in [0.15, 0.2) is 0 Å². The van der Waals surface area contributed by atoms with E-state index in [1.165, 1.54) is 18.2 Å². The average molecular weight is 368 g/mol. The summed E-state index contributed by atoms with van der Waals surface area (Å²) in [6.07, 6.45) is -1.69. The largest absolute Gasteiger partial charge is 0.399 e. The van der Waals surface area contributed by atoms with Crippen molar-refractivity contribution < 1.29 is 13.2 Å². The first-order chi connectivity index (χ1) is 11.7. The predicted octanol–water partition coefficient (Wildman–Crippen LogP) is 6.04. The van der Waals surface area contributed by atoms with E-state index in [1.54, 1.807) is 19.9 Å². The molecule has 1 atom stereocenters. The van der Waals surface area contributed by atoms with Crippen LogP contribution in [0.5, 0.6) is 0 Å². The Labute approximate surface area is 151 Å². The van der Waals surface area contributed by atoms with Crippen LogP contribution in [0.1, 0.15) is 33.7 Å². The molecule has 0 aliphatic carbocycles. The molecule has 2 rings (SSSR count). The number of aryl methyl sites for hydroxylation is 1. The van der Waals surface area contributed by atoms with Crippen LogP contribution in [0, 0.1) is 13.8 Å². The highest BCUT2D eigenvalue weighted by Gasteiger charge is 2.39. The number of rotatable bonds is 5. The number of alkyl halides is 3. The van der Waals surface area contributed by atoms with E-state index in [2.05, 4.69) is 5.32 Å². The fourth-order valence-electron chi connectivity index (χ4n) is 2.59. The minimum Gasteiger partial charge on any atom is -0.316 e. The summed E-state index contributed by atoms with van der Waals surface area (Å²) in [5, 5.41) is 3.39. The summed E-state index contributed by atoms with van der Waals surface area (Å²) in [5.74, 6) is -1.69. The Balaban J connectivity index is 2.32. The zero-order valence-corrected chi connectivity index (χ0v) is 15.2. The standard InChI is InChI=1S/C20H21ClF3N/c1-13-10-17(11-19(21)14(13)2)18(20(22,23)24)9-8-15-4-6-16(7-5-15)12-25-3/h4-11,18,25H,12H2,1-3H3/b9-8-. The molecule has 2 aromatic carbocycles. The second kappa shape index (κ2) is 8.07. The molecule has 25 heavy (non-hydrogen) atoms. The zero-order chi connectivity index (χ0) is 18.6. The lowest BCUT2D eigenvalue weighted by molar-refractivity contribution is -0.139. The summed E-state index contributed by atoms with van der Waals surface area (Å²) in [7, 11) is 1.84. The Morgan fingerprint density at radius 2 is 1.76 bits per heavy atom. The molecule has 134 valence electrons. The average Bonchev–Trinajstić information content (AvgIpc) is 2.53. The Morgan fingerprint density at radius 1 is 1.12 bits per heavy atom. The molecule has 2 aromatic rings. The third kappa shape index (κ3) is 5.10. The Morgan fingerprint density at radius 3 is 2.28 bits per heavy atom. The van der Waals surface area contributed by atoms with Gasteiger partial charge in [0, 0.05) is 11.6 Å². The number of nitrogens with one attached hydrogen (secondary N) is 1. The van der Waals surface area contributed by atoms with Crippen LogP contribution in [0.4, 0.5) is 13.2 Å². The van der Waals surface area contributed by atoms with Crippen molar-refractivity contribution in [2.75, 3.05) is 7.05 Å². The van der Waals surface area contributed by atoms with Gasteiger partial charge in [-0.3, -0.25) is 0 Å². The van der Waals surface area contributed by atoms with Crippen LogP contribution in [0.2, 0.25) is 5.02 Å². The van der Waals surface area contributed by atoms with E-state index in [9.17, 15) is 13.2 Å². The quantitative estimate of drug-likeness (QED) is 0.679. The lowest BCUT2D eigenvalue weighted by Gasteiger charge is -2.19. The molecule has 0 fully saturated rings. The zero-order valence-electron chi connectivity index (χ0n) is 14.4. The highest BCUT2D eigenvalue weighted by atomic mass is 35.5. The molecule has 0 radical (unpaired) electrons. The van der Waals surface area contributed by atoms with Crippen molar-refractivity contribution in [3.63, 3.8) is 0 Å². The molecule has 5 heteroatoms. The highest BCUT2D eigenvalue weighted by Crippen LogP contribution is 2.38. The van der Waals surface area contributed by atoms with E-state index >= 15 is 0 Å². The Bertz CT molecular complexity index is 726. The van der Waals surface area contributed by atoms with E-state index in [4.69, 9.17) is 11.6 Å². The minimum absolute atomic E-state index is 0.156. The molecule has 1 N–H and O–H groups in total. The molecule has 0 aliphatic heterocycles. The summed E-state index contributed by atoms with van der Waals surface area (Å²) in [6, 6.07) is 10.4. The van der Waals surface area contributed by atoms with Gasteiger partial charge in [0.25, 0.3) is 0 Å². The van der Waals surface area contributed by atoms with Crippen molar-refractivity contribution in [1.29, 1.82) is 0 Å². The number of benzene rings is 2. The van der Waals surface area contributed by atoms with Gasteiger partial charge in [0.1, 0.15) is 0 Å². The van der Waals surface area contributed by atoms with Crippen molar-refractivity contribution in [1.82, 2.24) is 5.32 Å². The lowest BCUT2D eigenvalue weighted by atomic mass is 9.94. The summed E-state index contributed by atoms with van der Waals surface area (Å²) >= 11 is 6.08. The molecule has 0 spiro atoms. The van der Waals surface area contributed by atoms with Crippen LogP contribution in [0.25, 0.3) is 6.08 Å². The molecular formula is C20H21ClF3N. The minimum atomic E-state index is -4.38. The molecular weight excluding hydrogens is 347 g/mol. The van der Waals surface area contributed by atoms with E-state index in [-0.39, 0.29) is 5.56 Å². The number of allylic oxidation sites excluding steroid dienone is 1. The number of halogens is 4. The fourth-order valence-corrected chi connectivity index (χ4v) is 2.86. The highest BCUT2D eigenvalue weighted by molar-refractivity contribution is 6.31. The van der Waals surface area contributed by atoms with Gasteiger partial charge in [-0.1, -0.05) is 54.1 Å². The van der Waals surface area contributed by atoms with Crippen molar-refractivity contribution in [3.05, 3.63) is 75.3 Å². The van der Waals surface area contributed by atoms with Crippen molar-refractivity contribution >= 4 is 17.7 Å². The third-order valence-electron chi connectivity index (χ3n) is 4.18. The molecule has 1 nitrogen and oxygen atoms in total. The van der Waals surface area contributed by atoms with E-state index in [0.717, 1.165) is 28.8 Å².